The third-order valence-corrected chi connectivity index (χ3v) is 3.50. The van der Waals surface area contributed by atoms with Crippen molar-refractivity contribution in [2.75, 3.05) is 7.11 Å². The average Bonchev–Trinajstić information content (AvgIpc) is 2.97. The largest absolute Gasteiger partial charge is 0.496 e. The fraction of sp³-hybridized carbons (Fsp3) is 0.538. The van der Waals surface area contributed by atoms with Crippen molar-refractivity contribution in [2.24, 2.45) is 17.7 Å². The molecule has 3 N–H and O–H groups in total. The summed E-state index contributed by atoms with van der Waals surface area (Å²) in [4.78, 5) is 0. The number of rotatable bonds is 4. The van der Waals surface area contributed by atoms with E-state index in [1.807, 2.05) is 6.07 Å². The fourth-order valence-electron chi connectivity index (χ4n) is 2.36. The molecule has 1 aliphatic carbocycles. The first-order valence-electron chi connectivity index (χ1n) is 5.78. The van der Waals surface area contributed by atoms with Gasteiger partial charge in [-0.05, 0) is 31.2 Å². The van der Waals surface area contributed by atoms with Gasteiger partial charge < -0.3 is 4.74 Å². The number of nitrogens with two attached hydrogens (primary N) is 1. The first-order chi connectivity index (χ1) is 7.67. The minimum absolute atomic E-state index is 0.213. The summed E-state index contributed by atoms with van der Waals surface area (Å²) < 4.78 is 5.40. The Labute approximate surface area is 97.0 Å². The van der Waals surface area contributed by atoms with Gasteiger partial charge in [-0.25, -0.2) is 0 Å². The van der Waals surface area contributed by atoms with E-state index in [0.29, 0.717) is 5.92 Å². The molecule has 2 rings (SSSR count). The summed E-state index contributed by atoms with van der Waals surface area (Å²) in [7, 11) is 1.71. The summed E-state index contributed by atoms with van der Waals surface area (Å²) in [6.07, 6.45) is 1.24. The summed E-state index contributed by atoms with van der Waals surface area (Å²) in [6.45, 7) is 4.35. The Bertz CT molecular complexity index is 378. The van der Waals surface area contributed by atoms with E-state index in [9.17, 15) is 0 Å². The van der Waals surface area contributed by atoms with Crippen LogP contribution in [0.2, 0.25) is 0 Å². The lowest BCUT2D eigenvalue weighted by Crippen LogP contribution is -2.30. The van der Waals surface area contributed by atoms with Crippen LogP contribution in [-0.4, -0.2) is 7.11 Å². The molecule has 0 spiro atoms. The molecule has 1 aliphatic rings. The highest BCUT2D eigenvalue weighted by Gasteiger charge is 2.40. The van der Waals surface area contributed by atoms with Crippen molar-refractivity contribution in [1.82, 2.24) is 5.43 Å². The smallest absolute Gasteiger partial charge is 0.123 e. The van der Waals surface area contributed by atoms with Gasteiger partial charge in [-0.1, -0.05) is 24.6 Å². The Morgan fingerprint density at radius 2 is 2.19 bits per heavy atom. The predicted octanol–water partition coefficient (Wildman–Crippen LogP) is 2.16. The van der Waals surface area contributed by atoms with Gasteiger partial charge >= 0.3 is 0 Å². The topological polar surface area (TPSA) is 47.3 Å². The van der Waals surface area contributed by atoms with Gasteiger partial charge in [-0.3, -0.25) is 11.3 Å². The van der Waals surface area contributed by atoms with Crippen molar-refractivity contribution in [1.29, 1.82) is 0 Å². The van der Waals surface area contributed by atoms with E-state index in [0.717, 1.165) is 11.7 Å². The molecule has 16 heavy (non-hydrogen) atoms. The zero-order valence-electron chi connectivity index (χ0n) is 10.2. The zero-order valence-corrected chi connectivity index (χ0v) is 10.2. The maximum absolute atomic E-state index is 5.68. The molecule has 0 aliphatic heterocycles. The van der Waals surface area contributed by atoms with Crippen LogP contribution in [0.15, 0.2) is 18.2 Å². The molecular formula is C13H20N2O. The molecular weight excluding hydrogens is 200 g/mol. The molecule has 0 saturated heterocycles. The molecule has 1 fully saturated rings. The van der Waals surface area contributed by atoms with Gasteiger partial charge in [-0.2, -0.15) is 0 Å². The summed E-state index contributed by atoms with van der Waals surface area (Å²) in [6, 6.07) is 6.45. The molecule has 3 unspecified atom stereocenters. The molecule has 1 saturated carbocycles. The summed E-state index contributed by atoms with van der Waals surface area (Å²) in [5.74, 6) is 8.00. The number of methoxy groups -OCH3 is 1. The maximum atomic E-state index is 5.68. The average molecular weight is 220 g/mol. The van der Waals surface area contributed by atoms with Crippen molar-refractivity contribution >= 4 is 0 Å². The predicted molar refractivity (Wildman–Crippen MR) is 65.1 cm³/mol. The number of nitrogens with one attached hydrogen (secondary N) is 1. The lowest BCUT2D eigenvalue weighted by molar-refractivity contribution is 0.389. The van der Waals surface area contributed by atoms with Crippen molar-refractivity contribution < 1.29 is 4.74 Å². The Morgan fingerprint density at radius 3 is 2.69 bits per heavy atom. The van der Waals surface area contributed by atoms with Crippen LogP contribution in [0.3, 0.4) is 0 Å². The minimum Gasteiger partial charge on any atom is -0.496 e. The molecule has 1 aromatic rings. The van der Waals surface area contributed by atoms with Gasteiger partial charge in [0.05, 0.1) is 13.2 Å². The number of ether oxygens (including phenoxy) is 1. The number of aryl methyl sites for hydroxylation is 1. The van der Waals surface area contributed by atoms with E-state index >= 15 is 0 Å². The Balaban J connectivity index is 2.32. The zero-order chi connectivity index (χ0) is 11.7. The number of benzene rings is 1. The molecule has 3 atom stereocenters. The lowest BCUT2D eigenvalue weighted by Gasteiger charge is -2.19. The van der Waals surface area contributed by atoms with Crippen LogP contribution in [0.25, 0.3) is 0 Å². The highest BCUT2D eigenvalue weighted by atomic mass is 16.5. The second kappa shape index (κ2) is 4.44. The molecule has 3 nitrogen and oxygen atoms in total. The summed E-state index contributed by atoms with van der Waals surface area (Å²) in [5, 5.41) is 0. The molecule has 0 heterocycles. The molecule has 0 radical (unpaired) electrons. The SMILES string of the molecule is COc1ccc(C)cc1C(NN)C1CC1C. The highest BCUT2D eigenvalue weighted by molar-refractivity contribution is 5.40. The Kier molecular flexibility index (Phi) is 3.17. The van der Waals surface area contributed by atoms with Crippen LogP contribution in [0.4, 0.5) is 0 Å². The second-order valence-electron chi connectivity index (χ2n) is 4.77. The van der Waals surface area contributed by atoms with Crippen LogP contribution in [0.5, 0.6) is 5.75 Å². The number of hydrogen-bond acceptors (Lipinski definition) is 3. The molecule has 0 bridgehead atoms. The fourth-order valence-corrected chi connectivity index (χ4v) is 2.36. The molecule has 3 heteroatoms. The number of hydrazine groups is 1. The monoisotopic (exact) mass is 220 g/mol. The van der Waals surface area contributed by atoms with Gasteiger partial charge in [0.15, 0.2) is 0 Å². The van der Waals surface area contributed by atoms with Crippen LogP contribution in [-0.2, 0) is 0 Å². The van der Waals surface area contributed by atoms with E-state index < -0.39 is 0 Å². The third kappa shape index (κ3) is 2.06. The quantitative estimate of drug-likeness (QED) is 0.604. The van der Waals surface area contributed by atoms with Crippen LogP contribution >= 0.6 is 0 Å². The van der Waals surface area contributed by atoms with Gasteiger partial charge in [0.1, 0.15) is 5.75 Å². The van der Waals surface area contributed by atoms with Crippen LogP contribution in [0, 0.1) is 18.8 Å². The summed E-state index contributed by atoms with van der Waals surface area (Å²) >= 11 is 0. The molecule has 1 aromatic carbocycles. The van der Waals surface area contributed by atoms with Gasteiger partial charge in [0.25, 0.3) is 0 Å². The molecule has 88 valence electrons. The first-order valence-corrected chi connectivity index (χ1v) is 5.78. The van der Waals surface area contributed by atoms with E-state index in [2.05, 4.69) is 31.4 Å². The van der Waals surface area contributed by atoms with Crippen molar-refractivity contribution in [2.45, 2.75) is 26.3 Å². The maximum Gasteiger partial charge on any atom is 0.123 e. The van der Waals surface area contributed by atoms with E-state index in [1.165, 1.54) is 17.5 Å². The number of hydrogen-bond donors (Lipinski definition) is 2. The first kappa shape index (κ1) is 11.4. The van der Waals surface area contributed by atoms with Crippen LogP contribution in [0.1, 0.15) is 30.5 Å². The van der Waals surface area contributed by atoms with E-state index in [-0.39, 0.29) is 6.04 Å². The Hall–Kier alpha value is -1.06. The van der Waals surface area contributed by atoms with E-state index in [1.54, 1.807) is 7.11 Å². The van der Waals surface area contributed by atoms with Crippen molar-refractivity contribution in [3.05, 3.63) is 29.3 Å². The van der Waals surface area contributed by atoms with Gasteiger partial charge in [-0.15, -0.1) is 0 Å². The van der Waals surface area contributed by atoms with Crippen molar-refractivity contribution in [3.63, 3.8) is 0 Å². The molecule has 0 aromatic heterocycles. The molecule has 0 amide bonds. The van der Waals surface area contributed by atoms with Crippen LogP contribution < -0.4 is 16.0 Å². The normalized spacial score (nSPS) is 25.2. The standard InChI is InChI=1S/C13H20N2O/c1-8-4-5-12(16-3)11(6-8)13(15-14)10-7-9(10)2/h4-6,9-10,13,15H,7,14H2,1-3H3. The Morgan fingerprint density at radius 1 is 1.50 bits per heavy atom. The lowest BCUT2D eigenvalue weighted by atomic mass is 9.99. The highest BCUT2D eigenvalue weighted by Crippen LogP contribution is 2.48. The van der Waals surface area contributed by atoms with E-state index in [4.69, 9.17) is 10.6 Å². The third-order valence-electron chi connectivity index (χ3n) is 3.50. The minimum atomic E-state index is 0.213. The second-order valence-corrected chi connectivity index (χ2v) is 4.77. The van der Waals surface area contributed by atoms with Gasteiger partial charge in [0.2, 0.25) is 0 Å². The van der Waals surface area contributed by atoms with Gasteiger partial charge in [0, 0.05) is 5.56 Å². The van der Waals surface area contributed by atoms with Crippen molar-refractivity contribution in [3.8, 4) is 5.75 Å². The summed E-state index contributed by atoms with van der Waals surface area (Å²) in [5.41, 5.74) is 5.35.